The second-order valence-corrected chi connectivity index (χ2v) is 8.39. The Hall–Kier alpha value is -2.40. The quantitative estimate of drug-likeness (QED) is 0.431. The van der Waals surface area contributed by atoms with Crippen molar-refractivity contribution in [2.75, 3.05) is 6.61 Å². The number of aliphatic imine (C=N–C) groups is 1. The second-order valence-electron chi connectivity index (χ2n) is 6.20. The molecule has 0 aromatic heterocycles. The molecule has 0 fully saturated rings. The van der Waals surface area contributed by atoms with Crippen molar-refractivity contribution in [3.63, 3.8) is 0 Å². The maximum absolute atomic E-state index is 13.4. The topological polar surface area (TPSA) is 77.0 Å². The zero-order valence-corrected chi connectivity index (χ0v) is 19.2. The third-order valence-electron chi connectivity index (χ3n) is 3.81. The predicted molar refractivity (Wildman–Crippen MR) is 123 cm³/mol. The summed E-state index contributed by atoms with van der Waals surface area (Å²) in [7, 11) is 0. The predicted octanol–water partition coefficient (Wildman–Crippen LogP) is 4.51. The van der Waals surface area contributed by atoms with E-state index in [1.165, 1.54) is 19.1 Å². The zero-order valence-electron chi connectivity index (χ0n) is 16.2. The second kappa shape index (κ2) is 10.1. The number of halogens is 2. The van der Waals surface area contributed by atoms with Gasteiger partial charge in [-0.15, -0.1) is 0 Å². The van der Waals surface area contributed by atoms with Gasteiger partial charge in [-0.2, -0.15) is 4.99 Å². The van der Waals surface area contributed by atoms with Crippen LogP contribution in [0, 0.1) is 9.39 Å². The Morgan fingerprint density at radius 3 is 2.80 bits per heavy atom. The number of nitrogens with one attached hydrogen (secondary N) is 1. The number of carbonyl (C=O) groups excluding carboxylic acids is 2. The van der Waals surface area contributed by atoms with Crippen LogP contribution in [0.4, 0.5) is 4.39 Å². The first-order chi connectivity index (χ1) is 14.4. The van der Waals surface area contributed by atoms with Crippen LogP contribution in [0.25, 0.3) is 6.08 Å². The Bertz CT molecular complexity index is 1060. The van der Waals surface area contributed by atoms with Gasteiger partial charge in [-0.25, -0.2) is 4.39 Å². The molecule has 0 saturated heterocycles. The van der Waals surface area contributed by atoms with Gasteiger partial charge in [0.15, 0.2) is 16.7 Å². The summed E-state index contributed by atoms with van der Waals surface area (Å²) in [5.41, 5.74) is 1.44. The maximum Gasteiger partial charge on any atom is 0.286 e. The molecule has 2 aromatic rings. The molecular weight excluding hydrogens is 522 g/mol. The van der Waals surface area contributed by atoms with Crippen LogP contribution < -0.4 is 14.8 Å². The molecule has 9 heteroatoms. The van der Waals surface area contributed by atoms with Gasteiger partial charge in [0, 0.05) is 6.92 Å². The molecule has 2 amide bonds. The number of amides is 2. The Morgan fingerprint density at radius 2 is 2.10 bits per heavy atom. The summed E-state index contributed by atoms with van der Waals surface area (Å²) < 4.78 is 25.8. The van der Waals surface area contributed by atoms with Crippen molar-refractivity contribution >= 4 is 57.4 Å². The summed E-state index contributed by atoms with van der Waals surface area (Å²) in [5, 5.41) is 2.77. The molecule has 0 unspecified atom stereocenters. The summed E-state index contributed by atoms with van der Waals surface area (Å²) in [5.74, 6) is 0.0411. The normalized spacial score (nSPS) is 14.6. The Labute approximate surface area is 191 Å². The van der Waals surface area contributed by atoms with Crippen LogP contribution in [-0.2, 0) is 16.2 Å². The highest BCUT2D eigenvalue weighted by Gasteiger charge is 2.23. The van der Waals surface area contributed by atoms with Crippen molar-refractivity contribution in [3.8, 4) is 11.5 Å². The minimum absolute atomic E-state index is 0.191. The molecule has 0 aliphatic carbocycles. The van der Waals surface area contributed by atoms with E-state index >= 15 is 0 Å². The average molecular weight is 540 g/mol. The molecule has 1 heterocycles. The Kier molecular flexibility index (Phi) is 7.48. The fourth-order valence-electron chi connectivity index (χ4n) is 2.62. The number of rotatable bonds is 6. The standard InChI is InChI=1S/C21H18FIN2O4S/c1-3-28-17-9-14(10-18-20(27)25-21(30-18)24-12(2)26)8-16(23)19(17)29-11-13-5-4-6-15(22)7-13/h4-10H,3,11H2,1-2H3,(H,24,25,26,27)/b18-10-. The van der Waals surface area contributed by atoms with E-state index in [2.05, 4.69) is 32.9 Å². The fourth-order valence-corrected chi connectivity index (χ4v) is 4.26. The van der Waals surface area contributed by atoms with Crippen LogP contribution in [0.1, 0.15) is 25.0 Å². The number of amidine groups is 1. The summed E-state index contributed by atoms with van der Waals surface area (Å²) in [6, 6.07) is 9.83. The molecule has 1 aliphatic rings. The minimum atomic E-state index is -0.414. The molecule has 30 heavy (non-hydrogen) atoms. The largest absolute Gasteiger partial charge is 0.490 e. The first kappa shape index (κ1) is 22.3. The summed E-state index contributed by atoms with van der Waals surface area (Å²) >= 11 is 3.23. The van der Waals surface area contributed by atoms with E-state index in [0.29, 0.717) is 28.6 Å². The summed E-state index contributed by atoms with van der Waals surface area (Å²) in [6.45, 7) is 3.83. The Morgan fingerprint density at radius 1 is 1.30 bits per heavy atom. The fraction of sp³-hybridized carbons (Fsp3) is 0.190. The highest BCUT2D eigenvalue weighted by Crippen LogP contribution is 2.37. The average Bonchev–Trinajstić information content (AvgIpc) is 2.99. The monoisotopic (exact) mass is 540 g/mol. The van der Waals surface area contributed by atoms with Crippen molar-refractivity contribution in [1.82, 2.24) is 5.32 Å². The van der Waals surface area contributed by atoms with Crippen molar-refractivity contribution in [1.29, 1.82) is 0 Å². The van der Waals surface area contributed by atoms with Crippen LogP contribution in [-0.4, -0.2) is 23.6 Å². The molecule has 0 spiro atoms. The highest BCUT2D eigenvalue weighted by molar-refractivity contribution is 14.1. The van der Waals surface area contributed by atoms with Gasteiger partial charge in [0.05, 0.1) is 15.1 Å². The zero-order chi connectivity index (χ0) is 21.7. The number of benzene rings is 2. The minimum Gasteiger partial charge on any atom is -0.490 e. The number of nitrogens with zero attached hydrogens (tertiary/aromatic N) is 1. The van der Waals surface area contributed by atoms with E-state index in [0.717, 1.165) is 20.9 Å². The molecule has 2 aromatic carbocycles. The van der Waals surface area contributed by atoms with E-state index < -0.39 is 5.91 Å². The number of hydrogen-bond acceptors (Lipinski definition) is 5. The van der Waals surface area contributed by atoms with Crippen molar-refractivity contribution < 1.29 is 23.5 Å². The lowest BCUT2D eigenvalue weighted by Crippen LogP contribution is -2.23. The first-order valence-electron chi connectivity index (χ1n) is 8.99. The number of thioether (sulfide) groups is 1. The van der Waals surface area contributed by atoms with E-state index in [9.17, 15) is 14.0 Å². The van der Waals surface area contributed by atoms with Gasteiger partial charge in [0.2, 0.25) is 5.91 Å². The molecule has 3 rings (SSSR count). The van der Waals surface area contributed by atoms with Crippen LogP contribution in [0.15, 0.2) is 46.3 Å². The smallest absolute Gasteiger partial charge is 0.286 e. The van der Waals surface area contributed by atoms with Crippen molar-refractivity contribution in [2.24, 2.45) is 4.99 Å². The number of carbonyl (C=O) groups is 2. The molecule has 1 aliphatic heterocycles. The van der Waals surface area contributed by atoms with Gasteiger partial charge in [0.25, 0.3) is 5.91 Å². The maximum atomic E-state index is 13.4. The van der Waals surface area contributed by atoms with Gasteiger partial charge >= 0.3 is 0 Å². The molecule has 0 atom stereocenters. The molecule has 6 nitrogen and oxygen atoms in total. The molecular formula is C21H18FIN2O4S. The lowest BCUT2D eigenvalue weighted by atomic mass is 10.2. The summed E-state index contributed by atoms with van der Waals surface area (Å²) in [4.78, 5) is 27.5. The van der Waals surface area contributed by atoms with Gasteiger partial charge in [-0.3, -0.25) is 9.59 Å². The molecule has 0 bridgehead atoms. The van der Waals surface area contributed by atoms with Gasteiger partial charge in [0.1, 0.15) is 12.4 Å². The molecule has 156 valence electrons. The lowest BCUT2D eigenvalue weighted by Gasteiger charge is -2.15. The number of ether oxygens (including phenoxy) is 2. The van der Waals surface area contributed by atoms with Crippen LogP contribution in [0.5, 0.6) is 11.5 Å². The third-order valence-corrected chi connectivity index (χ3v) is 5.51. The van der Waals surface area contributed by atoms with Crippen molar-refractivity contribution in [2.45, 2.75) is 20.5 Å². The van der Waals surface area contributed by atoms with Crippen molar-refractivity contribution in [3.05, 3.63) is 61.8 Å². The Balaban J connectivity index is 1.82. The van der Waals surface area contributed by atoms with Gasteiger partial charge < -0.3 is 14.8 Å². The van der Waals surface area contributed by atoms with E-state index in [1.54, 1.807) is 24.3 Å². The summed E-state index contributed by atoms with van der Waals surface area (Å²) in [6.07, 6.45) is 1.69. The van der Waals surface area contributed by atoms with Gasteiger partial charge in [-0.1, -0.05) is 12.1 Å². The van der Waals surface area contributed by atoms with E-state index in [4.69, 9.17) is 9.47 Å². The SMILES string of the molecule is CCOc1cc(/C=C2\SC(NC(C)=O)=NC2=O)cc(I)c1OCc1cccc(F)c1. The van der Waals surface area contributed by atoms with Crippen LogP contribution >= 0.6 is 34.4 Å². The third kappa shape index (κ3) is 5.82. The van der Waals surface area contributed by atoms with Crippen LogP contribution in [0.3, 0.4) is 0 Å². The highest BCUT2D eigenvalue weighted by atomic mass is 127. The molecule has 0 radical (unpaired) electrons. The number of hydrogen-bond donors (Lipinski definition) is 1. The molecule has 0 saturated carbocycles. The first-order valence-corrected chi connectivity index (χ1v) is 10.9. The van der Waals surface area contributed by atoms with E-state index in [1.807, 2.05) is 13.0 Å². The van der Waals surface area contributed by atoms with Crippen LogP contribution in [0.2, 0.25) is 0 Å². The van der Waals surface area contributed by atoms with Gasteiger partial charge in [-0.05, 0) is 82.7 Å². The molecule has 1 N–H and O–H groups in total. The van der Waals surface area contributed by atoms with E-state index in [-0.39, 0.29) is 23.5 Å². The lowest BCUT2D eigenvalue weighted by molar-refractivity contribution is -0.117.